The van der Waals surface area contributed by atoms with E-state index in [0.29, 0.717) is 39.1 Å². The maximum atomic E-state index is 14.9. The number of anilines is 1. The van der Waals surface area contributed by atoms with E-state index in [0.717, 1.165) is 12.3 Å². The van der Waals surface area contributed by atoms with Gasteiger partial charge in [0.15, 0.2) is 0 Å². The standard InChI is InChI=1S/C23H17F2N3O2/c1-12-22(17-6-5-13(23(29)30)7-19(17)25)18-10-20(27)14(11-26)8-21(18)28(12)16-4-2-3-15(24)9-16/h2-11,26H,27H2,1H3,(H,29,30). The number of nitrogen functional groups attached to an aromatic ring is 1. The number of carbonyl (C=O) groups is 1. The van der Waals surface area contributed by atoms with E-state index in [4.69, 9.17) is 16.2 Å². The third-order valence-electron chi connectivity index (χ3n) is 5.12. The van der Waals surface area contributed by atoms with Crippen LogP contribution < -0.4 is 5.73 Å². The van der Waals surface area contributed by atoms with Crippen LogP contribution in [-0.4, -0.2) is 21.9 Å². The van der Waals surface area contributed by atoms with Gasteiger partial charge in [0.05, 0.1) is 11.1 Å². The Morgan fingerprint density at radius 3 is 2.53 bits per heavy atom. The van der Waals surface area contributed by atoms with Crippen molar-refractivity contribution < 1.29 is 18.7 Å². The fourth-order valence-electron chi connectivity index (χ4n) is 3.76. The van der Waals surface area contributed by atoms with Crippen LogP contribution in [0.5, 0.6) is 0 Å². The van der Waals surface area contributed by atoms with Crippen molar-refractivity contribution in [2.24, 2.45) is 0 Å². The minimum absolute atomic E-state index is 0.159. The van der Waals surface area contributed by atoms with Crippen LogP contribution in [-0.2, 0) is 0 Å². The molecule has 0 radical (unpaired) electrons. The molecule has 4 N–H and O–H groups in total. The maximum Gasteiger partial charge on any atom is 0.335 e. The smallest absolute Gasteiger partial charge is 0.335 e. The molecule has 4 aromatic rings. The molecule has 0 amide bonds. The van der Waals surface area contributed by atoms with Gasteiger partial charge in [0, 0.05) is 45.4 Å². The minimum atomic E-state index is -1.22. The van der Waals surface area contributed by atoms with E-state index in [1.807, 2.05) is 0 Å². The van der Waals surface area contributed by atoms with Crippen LogP contribution in [0.15, 0.2) is 54.6 Å². The molecule has 0 atom stereocenters. The topological polar surface area (TPSA) is 92.1 Å². The third kappa shape index (κ3) is 3.00. The van der Waals surface area contributed by atoms with Gasteiger partial charge in [-0.1, -0.05) is 12.1 Å². The largest absolute Gasteiger partial charge is 0.478 e. The number of fused-ring (bicyclic) bond motifs is 1. The summed E-state index contributed by atoms with van der Waals surface area (Å²) >= 11 is 0. The Labute approximate surface area is 170 Å². The Hall–Kier alpha value is -4.00. The van der Waals surface area contributed by atoms with Crippen molar-refractivity contribution in [3.63, 3.8) is 0 Å². The number of nitrogens with zero attached hydrogens (tertiary/aromatic N) is 1. The lowest BCUT2D eigenvalue weighted by Crippen LogP contribution is -1.99. The number of nitrogens with two attached hydrogens (primary N) is 1. The van der Waals surface area contributed by atoms with Gasteiger partial charge in [-0.2, -0.15) is 0 Å². The Morgan fingerprint density at radius 1 is 1.13 bits per heavy atom. The van der Waals surface area contributed by atoms with Gasteiger partial charge in [-0.05, 0) is 49.4 Å². The monoisotopic (exact) mass is 405 g/mol. The molecule has 0 saturated heterocycles. The second-order valence-corrected chi connectivity index (χ2v) is 6.92. The highest BCUT2D eigenvalue weighted by molar-refractivity contribution is 6.04. The molecule has 0 aliphatic heterocycles. The highest BCUT2D eigenvalue weighted by atomic mass is 19.1. The fraction of sp³-hybridized carbons (Fsp3) is 0.0435. The van der Waals surface area contributed by atoms with E-state index < -0.39 is 17.6 Å². The van der Waals surface area contributed by atoms with Crippen molar-refractivity contribution in [2.75, 3.05) is 5.73 Å². The van der Waals surface area contributed by atoms with Crippen molar-refractivity contribution >= 4 is 28.8 Å². The van der Waals surface area contributed by atoms with E-state index in [9.17, 15) is 13.6 Å². The first-order valence-electron chi connectivity index (χ1n) is 9.06. The predicted octanol–water partition coefficient (Wildman–Crippen LogP) is 5.16. The van der Waals surface area contributed by atoms with E-state index in [1.54, 1.807) is 35.8 Å². The maximum absolute atomic E-state index is 14.9. The summed E-state index contributed by atoms with van der Waals surface area (Å²) in [7, 11) is 0. The molecule has 4 rings (SSSR count). The van der Waals surface area contributed by atoms with E-state index in [-0.39, 0.29) is 11.1 Å². The van der Waals surface area contributed by atoms with Gasteiger partial charge in [0.25, 0.3) is 0 Å². The van der Waals surface area contributed by atoms with Gasteiger partial charge in [0.2, 0.25) is 0 Å². The highest BCUT2D eigenvalue weighted by Crippen LogP contribution is 2.39. The van der Waals surface area contributed by atoms with Crippen molar-refractivity contribution in [3.05, 3.63) is 83.1 Å². The fourth-order valence-corrected chi connectivity index (χ4v) is 3.76. The van der Waals surface area contributed by atoms with Crippen LogP contribution in [0.25, 0.3) is 27.7 Å². The van der Waals surface area contributed by atoms with Crippen LogP contribution in [0.2, 0.25) is 0 Å². The van der Waals surface area contributed by atoms with Gasteiger partial charge in [-0.3, -0.25) is 0 Å². The molecule has 150 valence electrons. The second kappa shape index (κ2) is 7.11. The second-order valence-electron chi connectivity index (χ2n) is 6.92. The van der Waals surface area contributed by atoms with Gasteiger partial charge in [-0.25, -0.2) is 13.6 Å². The molecule has 1 aromatic heterocycles. The molecule has 0 unspecified atom stereocenters. The summed E-state index contributed by atoms with van der Waals surface area (Å²) in [4.78, 5) is 11.2. The first-order valence-corrected chi connectivity index (χ1v) is 9.06. The average Bonchev–Trinajstić information content (AvgIpc) is 2.98. The van der Waals surface area contributed by atoms with Gasteiger partial charge < -0.3 is 20.8 Å². The molecule has 3 aromatic carbocycles. The number of hydrogen-bond acceptors (Lipinski definition) is 3. The summed E-state index contributed by atoms with van der Waals surface area (Å²) in [6.07, 6.45) is 1.12. The number of hydrogen-bond donors (Lipinski definition) is 3. The molecular weight excluding hydrogens is 388 g/mol. The van der Waals surface area contributed by atoms with E-state index in [1.165, 1.54) is 24.3 Å². The lowest BCUT2D eigenvalue weighted by Gasteiger charge is -2.10. The zero-order chi connectivity index (χ0) is 21.6. The first kappa shape index (κ1) is 19.3. The van der Waals surface area contributed by atoms with E-state index >= 15 is 0 Å². The van der Waals surface area contributed by atoms with Crippen LogP contribution in [0.3, 0.4) is 0 Å². The molecule has 0 aliphatic carbocycles. The summed E-state index contributed by atoms with van der Waals surface area (Å²) in [5.41, 5.74) is 9.25. The molecule has 30 heavy (non-hydrogen) atoms. The molecule has 7 heteroatoms. The third-order valence-corrected chi connectivity index (χ3v) is 5.12. The highest BCUT2D eigenvalue weighted by Gasteiger charge is 2.21. The summed E-state index contributed by atoms with van der Waals surface area (Å²) < 4.78 is 30.6. The van der Waals surface area contributed by atoms with Crippen molar-refractivity contribution in [2.45, 2.75) is 6.92 Å². The van der Waals surface area contributed by atoms with E-state index in [2.05, 4.69) is 0 Å². The van der Waals surface area contributed by atoms with Crippen molar-refractivity contribution in [1.29, 1.82) is 5.41 Å². The van der Waals surface area contributed by atoms with Crippen molar-refractivity contribution in [1.82, 2.24) is 4.57 Å². The molecule has 0 spiro atoms. The lowest BCUT2D eigenvalue weighted by atomic mass is 9.99. The Bertz CT molecular complexity index is 1340. The summed E-state index contributed by atoms with van der Waals surface area (Å²) in [5, 5.41) is 17.3. The first-order chi connectivity index (χ1) is 14.3. The summed E-state index contributed by atoms with van der Waals surface area (Å²) in [6.45, 7) is 1.77. The zero-order valence-corrected chi connectivity index (χ0v) is 15.9. The molecule has 5 nitrogen and oxygen atoms in total. The number of benzene rings is 3. The van der Waals surface area contributed by atoms with Gasteiger partial charge in [-0.15, -0.1) is 0 Å². The average molecular weight is 405 g/mol. The number of aromatic carboxylic acids is 1. The number of carboxylic acids is 1. The zero-order valence-electron chi connectivity index (χ0n) is 15.9. The Balaban J connectivity index is 2.11. The van der Waals surface area contributed by atoms with Gasteiger partial charge >= 0.3 is 5.97 Å². The minimum Gasteiger partial charge on any atom is -0.478 e. The molecule has 0 bridgehead atoms. The normalized spacial score (nSPS) is 11.0. The SMILES string of the molecule is Cc1c(-c2ccc(C(=O)O)cc2F)c2cc(N)c(C=N)cc2n1-c1cccc(F)c1. The molecule has 1 heterocycles. The Kier molecular flexibility index (Phi) is 4.58. The number of aromatic nitrogens is 1. The quantitative estimate of drug-likeness (QED) is 0.323. The number of halogens is 2. The predicted molar refractivity (Wildman–Crippen MR) is 113 cm³/mol. The van der Waals surface area contributed by atoms with Crippen LogP contribution >= 0.6 is 0 Å². The number of carboxylic acid groups (broad SMARTS) is 1. The molecule has 0 fully saturated rings. The van der Waals surface area contributed by atoms with Crippen molar-refractivity contribution in [3.8, 4) is 16.8 Å². The lowest BCUT2D eigenvalue weighted by molar-refractivity contribution is 0.0696. The number of nitrogens with one attached hydrogen (secondary N) is 1. The Morgan fingerprint density at radius 2 is 1.90 bits per heavy atom. The summed E-state index contributed by atoms with van der Waals surface area (Å²) in [5.74, 6) is -2.33. The molecule has 0 aliphatic rings. The number of rotatable bonds is 4. The molecule has 0 saturated carbocycles. The van der Waals surface area contributed by atoms with Crippen LogP contribution in [0.4, 0.5) is 14.5 Å². The van der Waals surface area contributed by atoms with Crippen LogP contribution in [0, 0.1) is 24.0 Å². The molecular formula is C23H17F2N3O2. The summed E-state index contributed by atoms with van der Waals surface area (Å²) in [6, 6.07) is 13.1. The van der Waals surface area contributed by atoms with Gasteiger partial charge in [0.1, 0.15) is 11.6 Å². The van der Waals surface area contributed by atoms with Crippen LogP contribution in [0.1, 0.15) is 21.6 Å².